The van der Waals surface area contributed by atoms with E-state index >= 15 is 0 Å². The van der Waals surface area contributed by atoms with Gasteiger partial charge < -0.3 is 5.11 Å². The van der Waals surface area contributed by atoms with Gasteiger partial charge in [-0.1, -0.05) is 12.1 Å². The second-order valence-corrected chi connectivity index (χ2v) is 6.30. The average Bonchev–Trinajstić information content (AvgIpc) is 2.00. The molecule has 1 rings (SSSR count). The molecule has 0 saturated heterocycles. The Balaban J connectivity index is 3.43. The number of hydrogen-bond acceptors (Lipinski definition) is 3. The lowest BCUT2D eigenvalue weighted by atomic mass is 9.97. The summed E-state index contributed by atoms with van der Waals surface area (Å²) in [6.45, 7) is 5.00. The Labute approximate surface area is 90.7 Å². The quantitative estimate of drug-likeness (QED) is 0.837. The van der Waals surface area contributed by atoms with Crippen molar-refractivity contribution < 1.29 is 13.5 Å². The summed E-state index contributed by atoms with van der Waals surface area (Å²) >= 11 is 0. The molecule has 0 fully saturated rings. The van der Waals surface area contributed by atoms with Crippen molar-refractivity contribution in [3.8, 4) is 0 Å². The third kappa shape index (κ3) is 2.79. The monoisotopic (exact) mass is 228 g/mol. The lowest BCUT2D eigenvalue weighted by Crippen LogP contribution is -2.16. The normalized spacial score (nSPS) is 12.9. The number of hydrogen-bond donors (Lipinski definition) is 1. The van der Waals surface area contributed by atoms with E-state index in [-0.39, 0.29) is 4.90 Å². The molecule has 0 aliphatic heterocycles. The topological polar surface area (TPSA) is 54.4 Å². The first kappa shape index (κ1) is 12.2. The summed E-state index contributed by atoms with van der Waals surface area (Å²) in [6, 6.07) is 4.98. The Kier molecular flexibility index (Phi) is 2.94. The third-order valence-electron chi connectivity index (χ3n) is 2.29. The van der Waals surface area contributed by atoms with Crippen LogP contribution in [0.1, 0.15) is 25.0 Å². The Bertz CT molecular complexity index is 467. The largest absolute Gasteiger partial charge is 0.386 e. The van der Waals surface area contributed by atoms with Crippen LogP contribution >= 0.6 is 0 Å². The molecule has 15 heavy (non-hydrogen) atoms. The molecule has 0 atom stereocenters. The summed E-state index contributed by atoms with van der Waals surface area (Å²) in [5.74, 6) is 0. The van der Waals surface area contributed by atoms with Crippen LogP contribution in [0.3, 0.4) is 0 Å². The molecule has 0 radical (unpaired) electrons. The predicted octanol–water partition coefficient (Wildman–Crippen LogP) is 1.63. The Morgan fingerprint density at radius 2 is 1.80 bits per heavy atom. The van der Waals surface area contributed by atoms with E-state index in [0.29, 0.717) is 11.1 Å². The van der Waals surface area contributed by atoms with E-state index in [9.17, 15) is 13.5 Å². The molecule has 0 unspecified atom stereocenters. The smallest absolute Gasteiger partial charge is 0.175 e. The van der Waals surface area contributed by atoms with Gasteiger partial charge in [-0.15, -0.1) is 0 Å². The molecule has 0 saturated carbocycles. The summed E-state index contributed by atoms with van der Waals surface area (Å²) in [4.78, 5) is 0.280. The van der Waals surface area contributed by atoms with Crippen molar-refractivity contribution in [1.29, 1.82) is 0 Å². The summed E-state index contributed by atoms with van der Waals surface area (Å²) in [5.41, 5.74) is 0.284. The van der Waals surface area contributed by atoms with Crippen LogP contribution < -0.4 is 0 Å². The maximum absolute atomic E-state index is 11.5. The van der Waals surface area contributed by atoms with Crippen LogP contribution in [-0.2, 0) is 15.4 Å². The summed E-state index contributed by atoms with van der Waals surface area (Å²) in [7, 11) is -3.23. The van der Waals surface area contributed by atoms with Crippen LogP contribution in [0.2, 0.25) is 0 Å². The minimum Gasteiger partial charge on any atom is -0.386 e. The number of aryl methyl sites for hydroxylation is 1. The zero-order valence-electron chi connectivity index (χ0n) is 9.40. The van der Waals surface area contributed by atoms with Crippen molar-refractivity contribution >= 4 is 9.84 Å². The van der Waals surface area contributed by atoms with Gasteiger partial charge in [0.25, 0.3) is 0 Å². The second-order valence-electron chi connectivity index (χ2n) is 4.31. The van der Waals surface area contributed by atoms with Gasteiger partial charge in [-0.3, -0.25) is 0 Å². The van der Waals surface area contributed by atoms with Crippen LogP contribution in [0, 0.1) is 6.92 Å². The first-order valence-corrected chi connectivity index (χ1v) is 6.55. The highest BCUT2D eigenvalue weighted by atomic mass is 32.2. The van der Waals surface area contributed by atoms with Gasteiger partial charge in [0.15, 0.2) is 9.84 Å². The maximum atomic E-state index is 11.5. The number of rotatable bonds is 2. The van der Waals surface area contributed by atoms with Gasteiger partial charge in [-0.05, 0) is 38.0 Å². The van der Waals surface area contributed by atoms with E-state index in [1.807, 2.05) is 0 Å². The summed E-state index contributed by atoms with van der Waals surface area (Å²) < 4.78 is 22.9. The number of sulfone groups is 1. The van der Waals surface area contributed by atoms with Gasteiger partial charge in [-0.2, -0.15) is 0 Å². The average molecular weight is 228 g/mol. The molecular formula is C11H16O3S. The molecule has 0 heterocycles. The minimum atomic E-state index is -3.23. The fourth-order valence-electron chi connectivity index (χ4n) is 1.38. The van der Waals surface area contributed by atoms with E-state index in [2.05, 4.69) is 0 Å². The summed E-state index contributed by atoms with van der Waals surface area (Å²) in [5, 5.41) is 9.78. The van der Waals surface area contributed by atoms with Crippen molar-refractivity contribution in [3.05, 3.63) is 29.3 Å². The van der Waals surface area contributed by atoms with E-state index in [0.717, 1.165) is 0 Å². The standard InChI is InChI=1S/C11H16O3S/c1-8-5-6-9(11(2,3)12)7-10(8)15(4,13)14/h5-7,12H,1-4H3. The Morgan fingerprint density at radius 1 is 1.27 bits per heavy atom. The van der Waals surface area contributed by atoms with Gasteiger partial charge in [0, 0.05) is 6.26 Å². The van der Waals surface area contributed by atoms with E-state index in [1.54, 1.807) is 32.9 Å². The zero-order valence-corrected chi connectivity index (χ0v) is 10.2. The Morgan fingerprint density at radius 3 is 2.20 bits per heavy atom. The first-order valence-electron chi connectivity index (χ1n) is 4.66. The molecule has 1 aromatic rings. The molecule has 84 valence electrons. The molecule has 3 nitrogen and oxygen atoms in total. The molecule has 0 aliphatic rings. The highest BCUT2D eigenvalue weighted by molar-refractivity contribution is 7.90. The highest BCUT2D eigenvalue weighted by Crippen LogP contribution is 2.24. The minimum absolute atomic E-state index is 0.280. The third-order valence-corrected chi connectivity index (χ3v) is 3.53. The lowest BCUT2D eigenvalue weighted by Gasteiger charge is -2.19. The van der Waals surface area contributed by atoms with Crippen LogP contribution in [-0.4, -0.2) is 19.8 Å². The van der Waals surface area contributed by atoms with E-state index in [1.165, 1.54) is 12.3 Å². The first-order chi connectivity index (χ1) is 6.62. The summed E-state index contributed by atoms with van der Waals surface area (Å²) in [6.07, 6.45) is 1.17. The van der Waals surface area contributed by atoms with Crippen LogP contribution in [0.5, 0.6) is 0 Å². The van der Waals surface area contributed by atoms with Crippen molar-refractivity contribution in [2.45, 2.75) is 31.3 Å². The molecule has 0 aromatic heterocycles. The maximum Gasteiger partial charge on any atom is 0.175 e. The van der Waals surface area contributed by atoms with Crippen LogP contribution in [0.15, 0.2) is 23.1 Å². The lowest BCUT2D eigenvalue weighted by molar-refractivity contribution is 0.0783. The molecule has 0 aliphatic carbocycles. The van der Waals surface area contributed by atoms with Gasteiger partial charge in [0.1, 0.15) is 0 Å². The molecule has 1 N–H and O–H groups in total. The fraction of sp³-hybridized carbons (Fsp3) is 0.455. The van der Waals surface area contributed by atoms with Crippen molar-refractivity contribution in [2.24, 2.45) is 0 Å². The van der Waals surface area contributed by atoms with E-state index in [4.69, 9.17) is 0 Å². The number of aliphatic hydroxyl groups is 1. The van der Waals surface area contributed by atoms with E-state index < -0.39 is 15.4 Å². The fourth-order valence-corrected chi connectivity index (χ4v) is 2.37. The zero-order chi connectivity index (χ0) is 11.9. The molecule has 1 aromatic carbocycles. The van der Waals surface area contributed by atoms with Gasteiger partial charge >= 0.3 is 0 Å². The molecular weight excluding hydrogens is 212 g/mol. The van der Waals surface area contributed by atoms with Crippen molar-refractivity contribution in [1.82, 2.24) is 0 Å². The molecule has 0 spiro atoms. The van der Waals surface area contributed by atoms with Crippen LogP contribution in [0.25, 0.3) is 0 Å². The Hall–Kier alpha value is -0.870. The van der Waals surface area contributed by atoms with Crippen LogP contribution in [0.4, 0.5) is 0 Å². The second kappa shape index (κ2) is 3.61. The molecule has 0 amide bonds. The van der Waals surface area contributed by atoms with Gasteiger partial charge in [0.05, 0.1) is 10.5 Å². The van der Waals surface area contributed by atoms with Gasteiger partial charge in [-0.25, -0.2) is 8.42 Å². The van der Waals surface area contributed by atoms with Gasteiger partial charge in [0.2, 0.25) is 0 Å². The number of benzene rings is 1. The van der Waals surface area contributed by atoms with Crippen molar-refractivity contribution in [2.75, 3.05) is 6.26 Å². The highest BCUT2D eigenvalue weighted by Gasteiger charge is 2.19. The molecule has 4 heteroatoms. The molecule has 0 bridgehead atoms. The predicted molar refractivity (Wildman–Crippen MR) is 59.5 cm³/mol. The van der Waals surface area contributed by atoms with Crippen molar-refractivity contribution in [3.63, 3.8) is 0 Å². The SMILES string of the molecule is Cc1ccc(C(C)(C)O)cc1S(C)(=O)=O.